The Labute approximate surface area is 182 Å². The molecule has 0 bridgehead atoms. The molecule has 4 rings (SSSR count). The van der Waals surface area contributed by atoms with Gasteiger partial charge in [-0.2, -0.15) is 0 Å². The highest BCUT2D eigenvalue weighted by atomic mass is 35.5. The molecule has 3 aromatic rings. The van der Waals surface area contributed by atoms with E-state index in [1.165, 1.54) is 5.56 Å². The fourth-order valence-electron chi connectivity index (χ4n) is 3.79. The van der Waals surface area contributed by atoms with Crippen LogP contribution in [-0.4, -0.2) is 29.2 Å². The first-order valence-electron chi connectivity index (χ1n) is 10.3. The van der Waals surface area contributed by atoms with Gasteiger partial charge < -0.3 is 10.2 Å². The molecule has 0 radical (unpaired) electrons. The van der Waals surface area contributed by atoms with Crippen molar-refractivity contribution in [2.24, 2.45) is 5.92 Å². The summed E-state index contributed by atoms with van der Waals surface area (Å²) in [5, 5.41) is 12.6. The number of amides is 1. The van der Waals surface area contributed by atoms with E-state index in [9.17, 15) is 4.79 Å². The maximum absolute atomic E-state index is 12.7. The lowest BCUT2D eigenvalue weighted by Gasteiger charge is -2.32. The zero-order chi connectivity index (χ0) is 20.9. The Kier molecular flexibility index (Phi) is 6.29. The second-order valence-corrected chi connectivity index (χ2v) is 8.21. The SMILES string of the molecule is Cc1cccc(-c2ccc(N3CCC[C@H](C(=O)NCc4ccc(Cl)cc4)C3)nn2)c1. The second kappa shape index (κ2) is 9.26. The smallest absolute Gasteiger partial charge is 0.225 e. The number of aromatic nitrogens is 2. The van der Waals surface area contributed by atoms with Gasteiger partial charge in [-0.15, -0.1) is 10.2 Å². The van der Waals surface area contributed by atoms with Crippen molar-refractivity contribution in [1.82, 2.24) is 15.5 Å². The van der Waals surface area contributed by atoms with Gasteiger partial charge in [0.25, 0.3) is 0 Å². The molecule has 1 atom stereocenters. The van der Waals surface area contributed by atoms with E-state index in [0.29, 0.717) is 18.1 Å². The monoisotopic (exact) mass is 420 g/mol. The van der Waals surface area contributed by atoms with E-state index in [1.54, 1.807) is 0 Å². The lowest BCUT2D eigenvalue weighted by Crippen LogP contribution is -2.43. The molecule has 30 heavy (non-hydrogen) atoms. The molecule has 0 spiro atoms. The Morgan fingerprint density at radius 3 is 2.70 bits per heavy atom. The van der Waals surface area contributed by atoms with Crippen LogP contribution >= 0.6 is 11.6 Å². The summed E-state index contributed by atoms with van der Waals surface area (Å²) in [6.07, 6.45) is 1.85. The van der Waals surface area contributed by atoms with Crippen molar-refractivity contribution < 1.29 is 4.79 Å². The molecule has 1 amide bonds. The van der Waals surface area contributed by atoms with E-state index in [4.69, 9.17) is 11.6 Å². The molecule has 2 heterocycles. The van der Waals surface area contributed by atoms with Crippen LogP contribution in [0.1, 0.15) is 24.0 Å². The zero-order valence-electron chi connectivity index (χ0n) is 17.0. The quantitative estimate of drug-likeness (QED) is 0.653. The molecule has 1 aliphatic heterocycles. The van der Waals surface area contributed by atoms with Crippen molar-refractivity contribution in [2.45, 2.75) is 26.3 Å². The normalized spacial score (nSPS) is 16.3. The molecule has 1 N–H and O–H groups in total. The van der Waals surface area contributed by atoms with Gasteiger partial charge in [0.15, 0.2) is 5.82 Å². The van der Waals surface area contributed by atoms with Crippen LogP contribution in [0.15, 0.2) is 60.7 Å². The van der Waals surface area contributed by atoms with Gasteiger partial charge in [0.1, 0.15) is 0 Å². The molecule has 0 saturated carbocycles. The predicted molar refractivity (Wildman–Crippen MR) is 120 cm³/mol. The van der Waals surface area contributed by atoms with E-state index in [0.717, 1.165) is 42.0 Å². The second-order valence-electron chi connectivity index (χ2n) is 7.78. The van der Waals surface area contributed by atoms with E-state index in [1.807, 2.05) is 48.5 Å². The van der Waals surface area contributed by atoms with Crippen LogP contribution in [-0.2, 0) is 11.3 Å². The lowest BCUT2D eigenvalue weighted by atomic mass is 9.97. The Hall–Kier alpha value is -2.92. The van der Waals surface area contributed by atoms with Crippen molar-refractivity contribution in [2.75, 3.05) is 18.0 Å². The van der Waals surface area contributed by atoms with Gasteiger partial charge in [-0.1, -0.05) is 47.5 Å². The average molecular weight is 421 g/mol. The summed E-state index contributed by atoms with van der Waals surface area (Å²) in [7, 11) is 0. The molecular formula is C24H25ClN4O. The molecule has 1 aliphatic rings. The van der Waals surface area contributed by atoms with Crippen molar-refractivity contribution in [3.8, 4) is 11.3 Å². The number of carbonyl (C=O) groups excluding carboxylic acids is 1. The van der Waals surface area contributed by atoms with Crippen molar-refractivity contribution >= 4 is 23.3 Å². The topological polar surface area (TPSA) is 58.1 Å². The van der Waals surface area contributed by atoms with Crippen LogP contribution in [0, 0.1) is 12.8 Å². The first kappa shape index (κ1) is 20.4. The zero-order valence-corrected chi connectivity index (χ0v) is 17.8. The van der Waals surface area contributed by atoms with Gasteiger partial charge in [0.2, 0.25) is 5.91 Å². The number of nitrogens with one attached hydrogen (secondary N) is 1. The summed E-state index contributed by atoms with van der Waals surface area (Å²) in [6.45, 7) is 4.12. The van der Waals surface area contributed by atoms with Crippen LogP contribution in [0.3, 0.4) is 0 Å². The Morgan fingerprint density at radius 1 is 1.13 bits per heavy atom. The minimum Gasteiger partial charge on any atom is -0.354 e. The molecule has 5 nitrogen and oxygen atoms in total. The van der Waals surface area contributed by atoms with Gasteiger partial charge in [-0.05, 0) is 55.7 Å². The van der Waals surface area contributed by atoms with Crippen molar-refractivity contribution in [1.29, 1.82) is 0 Å². The number of benzene rings is 2. The van der Waals surface area contributed by atoms with Crippen LogP contribution in [0.5, 0.6) is 0 Å². The Balaban J connectivity index is 1.37. The molecule has 2 aromatic carbocycles. The number of hydrogen-bond acceptors (Lipinski definition) is 4. The summed E-state index contributed by atoms with van der Waals surface area (Å²) >= 11 is 5.92. The first-order valence-corrected chi connectivity index (χ1v) is 10.6. The van der Waals surface area contributed by atoms with Crippen LogP contribution in [0.25, 0.3) is 11.3 Å². The van der Waals surface area contributed by atoms with Gasteiger partial charge in [-0.3, -0.25) is 4.79 Å². The molecule has 1 aromatic heterocycles. The Morgan fingerprint density at radius 2 is 1.97 bits per heavy atom. The largest absolute Gasteiger partial charge is 0.354 e. The molecule has 1 saturated heterocycles. The van der Waals surface area contributed by atoms with Crippen LogP contribution in [0.4, 0.5) is 5.82 Å². The molecule has 0 aliphatic carbocycles. The minimum atomic E-state index is -0.0516. The highest BCUT2D eigenvalue weighted by Gasteiger charge is 2.26. The summed E-state index contributed by atoms with van der Waals surface area (Å²) in [5.41, 5.74) is 4.16. The highest BCUT2D eigenvalue weighted by Crippen LogP contribution is 2.24. The molecule has 6 heteroatoms. The number of rotatable bonds is 5. The third kappa shape index (κ3) is 4.97. The average Bonchev–Trinajstić information content (AvgIpc) is 2.79. The fraction of sp³-hybridized carbons (Fsp3) is 0.292. The number of aryl methyl sites for hydroxylation is 1. The van der Waals surface area contributed by atoms with Crippen molar-refractivity contribution in [3.63, 3.8) is 0 Å². The van der Waals surface area contributed by atoms with Crippen molar-refractivity contribution in [3.05, 3.63) is 76.8 Å². The Bertz CT molecular complexity index is 1000. The van der Waals surface area contributed by atoms with Gasteiger partial charge in [0, 0.05) is 30.2 Å². The van der Waals surface area contributed by atoms with Gasteiger partial charge in [0.05, 0.1) is 11.6 Å². The van der Waals surface area contributed by atoms with E-state index >= 15 is 0 Å². The molecule has 154 valence electrons. The van der Waals surface area contributed by atoms with Gasteiger partial charge in [-0.25, -0.2) is 0 Å². The molecule has 1 fully saturated rings. The predicted octanol–water partition coefficient (Wildman–Crippen LogP) is 4.64. The first-order chi connectivity index (χ1) is 14.6. The third-order valence-electron chi connectivity index (χ3n) is 5.46. The summed E-state index contributed by atoms with van der Waals surface area (Å²) < 4.78 is 0. The van der Waals surface area contributed by atoms with E-state index in [-0.39, 0.29) is 11.8 Å². The maximum atomic E-state index is 12.7. The summed E-state index contributed by atoms with van der Waals surface area (Å²) in [5.74, 6) is 0.852. The molecular weight excluding hydrogens is 396 g/mol. The number of halogens is 1. The number of carbonyl (C=O) groups is 1. The third-order valence-corrected chi connectivity index (χ3v) is 5.71. The summed E-state index contributed by atoms with van der Waals surface area (Å²) in [6, 6.07) is 19.8. The number of hydrogen-bond donors (Lipinski definition) is 1. The highest BCUT2D eigenvalue weighted by molar-refractivity contribution is 6.30. The van der Waals surface area contributed by atoms with Crippen LogP contribution < -0.4 is 10.2 Å². The minimum absolute atomic E-state index is 0.0516. The molecule has 0 unspecified atom stereocenters. The number of anilines is 1. The maximum Gasteiger partial charge on any atom is 0.225 e. The van der Waals surface area contributed by atoms with Gasteiger partial charge >= 0.3 is 0 Å². The van der Waals surface area contributed by atoms with E-state index in [2.05, 4.69) is 39.5 Å². The van der Waals surface area contributed by atoms with Crippen LogP contribution in [0.2, 0.25) is 5.02 Å². The fourth-order valence-corrected chi connectivity index (χ4v) is 3.91. The lowest BCUT2D eigenvalue weighted by molar-refractivity contribution is -0.125. The number of piperidine rings is 1. The van der Waals surface area contributed by atoms with E-state index < -0.39 is 0 Å². The number of nitrogens with zero attached hydrogens (tertiary/aromatic N) is 3. The summed E-state index contributed by atoms with van der Waals surface area (Å²) in [4.78, 5) is 14.8. The standard InChI is InChI=1S/C24H25ClN4O/c1-17-4-2-5-19(14-17)22-11-12-23(28-27-22)29-13-3-6-20(16-29)24(30)26-15-18-7-9-21(25)10-8-18/h2,4-5,7-12,14,20H,3,6,13,15-16H2,1H3,(H,26,30)/t20-/m0/s1.